The summed E-state index contributed by atoms with van der Waals surface area (Å²) in [5.74, 6) is 2.45. The molecule has 1 aromatic rings. The van der Waals surface area contributed by atoms with Gasteiger partial charge in [0.15, 0.2) is 12.6 Å². The van der Waals surface area contributed by atoms with Crippen LogP contribution >= 0.6 is 0 Å². The van der Waals surface area contributed by atoms with Crippen LogP contribution in [0, 0.1) is 11.8 Å². The molecule has 132 valence electrons. The van der Waals surface area contributed by atoms with Gasteiger partial charge in [0.05, 0.1) is 0 Å². The van der Waals surface area contributed by atoms with E-state index in [0.717, 1.165) is 24.6 Å². The molecule has 1 heterocycles. The molecule has 0 bridgehead atoms. The maximum atomic E-state index is 10.8. The predicted molar refractivity (Wildman–Crippen MR) is 95.8 cm³/mol. The zero-order valence-electron chi connectivity index (χ0n) is 14.8. The average Bonchev–Trinajstić information content (AvgIpc) is 2.53. The fourth-order valence-corrected chi connectivity index (χ4v) is 3.25. The molecule has 1 fully saturated rings. The number of amides is 1. The molecule has 2 unspecified atom stereocenters. The van der Waals surface area contributed by atoms with Gasteiger partial charge in [0.2, 0.25) is 0 Å². The predicted octanol–water partition coefficient (Wildman–Crippen LogP) is 1.60. The van der Waals surface area contributed by atoms with Gasteiger partial charge in [0.25, 0.3) is 5.91 Å². The third-order valence-electron chi connectivity index (χ3n) is 4.11. The second-order valence-electron chi connectivity index (χ2n) is 6.65. The largest absolute Gasteiger partial charge is 0.484 e. The first kappa shape index (κ1) is 18.1. The number of hydrogen-bond donors (Lipinski definition) is 2. The Kier molecular flexibility index (Phi) is 6.46. The molecule has 1 amide bonds. The van der Waals surface area contributed by atoms with E-state index in [1.165, 1.54) is 6.42 Å². The number of carbonyl (C=O) groups is 1. The van der Waals surface area contributed by atoms with E-state index in [1.54, 1.807) is 0 Å². The van der Waals surface area contributed by atoms with E-state index < -0.39 is 5.91 Å². The number of aliphatic imine (C=N–C) groups is 1. The maximum Gasteiger partial charge on any atom is 0.255 e. The molecule has 24 heavy (non-hydrogen) atoms. The zero-order chi connectivity index (χ0) is 17.5. The molecular weight excluding hydrogens is 304 g/mol. The molecule has 0 radical (unpaired) electrons. The smallest absolute Gasteiger partial charge is 0.255 e. The minimum Gasteiger partial charge on any atom is -0.484 e. The third kappa shape index (κ3) is 5.44. The Morgan fingerprint density at radius 1 is 1.38 bits per heavy atom. The first-order valence-electron chi connectivity index (χ1n) is 8.43. The van der Waals surface area contributed by atoms with Crippen LogP contribution in [0.5, 0.6) is 5.75 Å². The van der Waals surface area contributed by atoms with Crippen LogP contribution in [0.25, 0.3) is 0 Å². The van der Waals surface area contributed by atoms with Gasteiger partial charge in [0.1, 0.15) is 5.75 Å². The molecule has 0 saturated carbocycles. The van der Waals surface area contributed by atoms with Crippen molar-refractivity contribution in [3.63, 3.8) is 0 Å². The lowest BCUT2D eigenvalue weighted by molar-refractivity contribution is -0.119. The highest BCUT2D eigenvalue weighted by molar-refractivity contribution is 5.80. The van der Waals surface area contributed by atoms with Crippen LogP contribution in [-0.2, 0) is 11.3 Å². The molecule has 1 aromatic carbocycles. The summed E-state index contributed by atoms with van der Waals surface area (Å²) in [6, 6.07) is 7.64. The number of rotatable bonds is 5. The summed E-state index contributed by atoms with van der Waals surface area (Å²) in [4.78, 5) is 17.5. The Labute approximate surface area is 144 Å². The lowest BCUT2D eigenvalue weighted by Crippen LogP contribution is -2.48. The van der Waals surface area contributed by atoms with Crippen LogP contribution in [-0.4, -0.2) is 43.5 Å². The van der Waals surface area contributed by atoms with Gasteiger partial charge in [-0.3, -0.25) is 9.79 Å². The first-order valence-corrected chi connectivity index (χ1v) is 8.43. The van der Waals surface area contributed by atoms with Crippen LogP contribution in [0.1, 0.15) is 25.8 Å². The minimum absolute atomic E-state index is 0.109. The summed E-state index contributed by atoms with van der Waals surface area (Å²) < 4.78 is 5.34. The number of guanidine groups is 1. The van der Waals surface area contributed by atoms with Gasteiger partial charge < -0.3 is 20.7 Å². The quantitative estimate of drug-likeness (QED) is 0.634. The topological polar surface area (TPSA) is 80.0 Å². The van der Waals surface area contributed by atoms with Crippen molar-refractivity contribution in [1.29, 1.82) is 0 Å². The zero-order valence-corrected chi connectivity index (χ0v) is 14.8. The molecule has 1 aliphatic rings. The van der Waals surface area contributed by atoms with E-state index in [-0.39, 0.29) is 6.61 Å². The fraction of sp³-hybridized carbons (Fsp3) is 0.556. The molecule has 6 heteroatoms. The molecule has 3 N–H and O–H groups in total. The third-order valence-corrected chi connectivity index (χ3v) is 4.11. The highest BCUT2D eigenvalue weighted by Gasteiger charge is 2.23. The van der Waals surface area contributed by atoms with Crippen molar-refractivity contribution in [2.24, 2.45) is 22.6 Å². The van der Waals surface area contributed by atoms with Gasteiger partial charge in [-0.1, -0.05) is 26.0 Å². The van der Waals surface area contributed by atoms with Crippen molar-refractivity contribution in [1.82, 2.24) is 10.2 Å². The highest BCUT2D eigenvalue weighted by atomic mass is 16.5. The van der Waals surface area contributed by atoms with Gasteiger partial charge in [-0.15, -0.1) is 0 Å². The molecule has 6 nitrogen and oxygen atoms in total. The number of ether oxygens (including phenoxy) is 1. The standard InChI is InChI=1S/C18H28N4O2/c1-13-7-14(2)11-22(10-13)18(20-3)21-9-15-5-4-6-16(8-15)24-12-17(19)23/h4-6,8,13-14H,7,9-12H2,1-3H3,(H2,19,23)(H,20,21). The Balaban J connectivity index is 1.93. The lowest BCUT2D eigenvalue weighted by atomic mass is 9.92. The van der Waals surface area contributed by atoms with Crippen molar-refractivity contribution >= 4 is 11.9 Å². The molecule has 2 atom stereocenters. The SMILES string of the molecule is CN=C(NCc1cccc(OCC(N)=O)c1)N1CC(C)CC(C)C1. The van der Waals surface area contributed by atoms with E-state index in [2.05, 4.69) is 29.1 Å². The highest BCUT2D eigenvalue weighted by Crippen LogP contribution is 2.21. The van der Waals surface area contributed by atoms with E-state index in [9.17, 15) is 4.79 Å². The fourth-order valence-electron chi connectivity index (χ4n) is 3.25. The molecular formula is C18H28N4O2. The second-order valence-corrected chi connectivity index (χ2v) is 6.65. The summed E-state index contributed by atoms with van der Waals surface area (Å²) in [7, 11) is 1.82. The molecule has 1 saturated heterocycles. The van der Waals surface area contributed by atoms with Crippen molar-refractivity contribution in [2.45, 2.75) is 26.8 Å². The summed E-state index contributed by atoms with van der Waals surface area (Å²) in [5, 5.41) is 3.42. The van der Waals surface area contributed by atoms with Crippen LogP contribution < -0.4 is 15.8 Å². The van der Waals surface area contributed by atoms with Crippen LogP contribution in [0.2, 0.25) is 0 Å². The Hall–Kier alpha value is -2.24. The number of primary amides is 1. The molecule has 2 rings (SSSR count). The van der Waals surface area contributed by atoms with Gasteiger partial charge in [-0.2, -0.15) is 0 Å². The Morgan fingerprint density at radius 2 is 2.08 bits per heavy atom. The van der Waals surface area contributed by atoms with Crippen LogP contribution in [0.4, 0.5) is 0 Å². The molecule has 1 aliphatic heterocycles. The van der Waals surface area contributed by atoms with Gasteiger partial charge in [-0.05, 0) is 36.0 Å². The van der Waals surface area contributed by atoms with E-state index >= 15 is 0 Å². The van der Waals surface area contributed by atoms with Crippen molar-refractivity contribution in [3.05, 3.63) is 29.8 Å². The van der Waals surface area contributed by atoms with Gasteiger partial charge >= 0.3 is 0 Å². The second kappa shape index (κ2) is 8.57. The van der Waals surface area contributed by atoms with Crippen molar-refractivity contribution in [3.8, 4) is 5.75 Å². The van der Waals surface area contributed by atoms with E-state index in [4.69, 9.17) is 10.5 Å². The summed E-state index contributed by atoms with van der Waals surface area (Å²) in [6.07, 6.45) is 1.27. The first-order chi connectivity index (χ1) is 11.5. The number of hydrogen-bond acceptors (Lipinski definition) is 3. The van der Waals surface area contributed by atoms with E-state index in [1.807, 2.05) is 31.3 Å². The van der Waals surface area contributed by atoms with Crippen molar-refractivity contribution in [2.75, 3.05) is 26.7 Å². The molecule has 0 aromatic heterocycles. The van der Waals surface area contributed by atoms with Gasteiger partial charge in [0, 0.05) is 26.7 Å². The number of piperidine rings is 1. The van der Waals surface area contributed by atoms with Crippen LogP contribution in [0.15, 0.2) is 29.3 Å². The molecule has 0 spiro atoms. The maximum absolute atomic E-state index is 10.8. The monoisotopic (exact) mass is 332 g/mol. The summed E-state index contributed by atoms with van der Waals surface area (Å²) in [5.41, 5.74) is 6.17. The summed E-state index contributed by atoms with van der Waals surface area (Å²) >= 11 is 0. The number of carbonyl (C=O) groups excluding carboxylic acids is 1. The van der Waals surface area contributed by atoms with Crippen LogP contribution in [0.3, 0.4) is 0 Å². The number of benzene rings is 1. The number of nitrogens with one attached hydrogen (secondary N) is 1. The lowest BCUT2D eigenvalue weighted by Gasteiger charge is -2.37. The summed E-state index contributed by atoms with van der Waals surface area (Å²) in [6.45, 7) is 7.18. The normalized spacial score (nSPS) is 21.5. The number of likely N-dealkylation sites (tertiary alicyclic amines) is 1. The van der Waals surface area contributed by atoms with Crippen molar-refractivity contribution < 1.29 is 9.53 Å². The molecule has 0 aliphatic carbocycles. The Morgan fingerprint density at radius 3 is 2.71 bits per heavy atom. The average molecular weight is 332 g/mol. The Bertz CT molecular complexity index is 578. The van der Waals surface area contributed by atoms with E-state index in [0.29, 0.717) is 24.1 Å². The minimum atomic E-state index is -0.479. The van der Waals surface area contributed by atoms with Gasteiger partial charge in [-0.25, -0.2) is 0 Å². The number of nitrogens with two attached hydrogens (primary N) is 1. The number of nitrogens with zero attached hydrogens (tertiary/aromatic N) is 2.